The zero-order valence-electron chi connectivity index (χ0n) is 21.8. The molecule has 3 aromatic carbocycles. The van der Waals surface area contributed by atoms with E-state index in [4.69, 9.17) is 9.47 Å². The van der Waals surface area contributed by atoms with Gasteiger partial charge in [-0.25, -0.2) is 9.07 Å². The topological polar surface area (TPSA) is 65.4 Å². The van der Waals surface area contributed by atoms with Gasteiger partial charge in [0.25, 0.3) is 0 Å². The molecule has 1 aliphatic rings. The van der Waals surface area contributed by atoms with Gasteiger partial charge in [-0.3, -0.25) is 4.79 Å². The Morgan fingerprint density at radius 3 is 2.34 bits per heavy atom. The summed E-state index contributed by atoms with van der Waals surface area (Å²) in [6.07, 6.45) is 3.17. The van der Waals surface area contributed by atoms with Gasteiger partial charge in [-0.1, -0.05) is 14.4 Å². The van der Waals surface area contributed by atoms with E-state index in [1.165, 1.54) is 12.1 Å². The Kier molecular flexibility index (Phi) is 7.49. The lowest BCUT2D eigenvalue weighted by atomic mass is 9.97. The molecule has 1 heterocycles. The largest absolute Gasteiger partial charge is 0.496 e. The van der Waals surface area contributed by atoms with Crippen molar-refractivity contribution >= 4 is 16.8 Å². The highest BCUT2D eigenvalue weighted by molar-refractivity contribution is 5.85. The summed E-state index contributed by atoms with van der Waals surface area (Å²) in [6, 6.07) is 15.9. The Morgan fingerprint density at radius 2 is 1.74 bits per heavy atom. The highest BCUT2D eigenvalue weighted by atomic mass is 19.1. The van der Waals surface area contributed by atoms with Gasteiger partial charge in [0.1, 0.15) is 23.4 Å². The maximum Gasteiger partial charge on any atom is 0.226 e. The predicted octanol–water partition coefficient (Wildman–Crippen LogP) is 6.85. The third-order valence-corrected chi connectivity index (χ3v) is 7.25. The molecule has 0 radical (unpaired) electrons. The quantitative estimate of drug-likeness (QED) is 0.278. The average Bonchev–Trinajstić information content (AvgIpc) is 3.49. The van der Waals surface area contributed by atoms with Gasteiger partial charge in [0.15, 0.2) is 0 Å². The normalized spacial score (nSPS) is 15.3. The first-order chi connectivity index (χ1) is 17.7. The molecule has 1 saturated carbocycles. The number of amides is 1. The van der Waals surface area contributed by atoms with Gasteiger partial charge in [0.05, 0.1) is 30.6 Å². The van der Waals surface area contributed by atoms with Gasteiger partial charge in [-0.05, 0) is 105 Å². The van der Waals surface area contributed by atoms with Gasteiger partial charge in [0, 0.05) is 10.8 Å². The molecular formula is C31H36FN3O3. The van der Waals surface area contributed by atoms with Crippen molar-refractivity contribution in [2.75, 3.05) is 7.11 Å². The molecule has 38 heavy (non-hydrogen) atoms. The van der Waals surface area contributed by atoms with Crippen LogP contribution in [0.5, 0.6) is 11.5 Å². The molecule has 1 N–H and O–H groups in total. The van der Waals surface area contributed by atoms with E-state index in [1.54, 1.807) is 30.1 Å². The molecule has 0 bridgehead atoms. The van der Waals surface area contributed by atoms with Crippen LogP contribution in [0.15, 0.2) is 60.8 Å². The van der Waals surface area contributed by atoms with E-state index >= 15 is 0 Å². The van der Waals surface area contributed by atoms with E-state index in [1.807, 2.05) is 45.9 Å². The maximum absolute atomic E-state index is 13.4. The van der Waals surface area contributed by atoms with E-state index in [9.17, 15) is 9.18 Å². The number of halogens is 1. The summed E-state index contributed by atoms with van der Waals surface area (Å²) in [5.41, 5.74) is 4.36. The van der Waals surface area contributed by atoms with Crippen molar-refractivity contribution in [1.82, 2.24) is 15.1 Å². The molecule has 1 amide bonds. The van der Waals surface area contributed by atoms with Gasteiger partial charge in [-0.15, -0.1) is 0 Å². The first-order valence-corrected chi connectivity index (χ1v) is 12.5. The van der Waals surface area contributed by atoms with E-state index in [-0.39, 0.29) is 30.6 Å². The summed E-state index contributed by atoms with van der Waals surface area (Å²) in [6.45, 7) is 8.00. The fourth-order valence-corrected chi connectivity index (χ4v) is 4.82. The fraction of sp³-hybridized carbons (Fsp3) is 0.355. The van der Waals surface area contributed by atoms with Gasteiger partial charge in [0.2, 0.25) is 5.91 Å². The van der Waals surface area contributed by atoms with E-state index < -0.39 is 6.10 Å². The van der Waals surface area contributed by atoms with Crippen molar-refractivity contribution in [2.45, 2.75) is 60.1 Å². The number of ether oxygens (including phenoxy) is 2. The number of hydrogen-bond acceptors (Lipinski definition) is 4. The number of nitrogens with one attached hydrogen (secondary N) is 1. The van der Waals surface area contributed by atoms with Crippen LogP contribution in [0.4, 0.5) is 4.39 Å². The summed E-state index contributed by atoms with van der Waals surface area (Å²) >= 11 is 0. The molecule has 0 aliphatic heterocycles. The monoisotopic (exact) mass is 517 g/mol. The number of carbonyl (C=O) groups excluding carboxylic acids is 1. The SMILES string of the molecule is C.COc1c(C)cc([C@@H](Oc2ccc3c(cnn3-c3ccc(F)cc3)c2)[C@H](C)NC(=O)C2(C)CC2)cc1C. The Labute approximate surface area is 223 Å². The third-order valence-electron chi connectivity index (χ3n) is 7.25. The molecular weight excluding hydrogens is 481 g/mol. The highest BCUT2D eigenvalue weighted by Gasteiger charge is 2.45. The van der Waals surface area contributed by atoms with Crippen molar-refractivity contribution in [2.24, 2.45) is 5.41 Å². The van der Waals surface area contributed by atoms with Crippen LogP contribution < -0.4 is 14.8 Å². The number of nitrogens with zero attached hydrogens (tertiary/aromatic N) is 2. The molecule has 1 aromatic heterocycles. The first-order valence-electron chi connectivity index (χ1n) is 12.5. The van der Waals surface area contributed by atoms with Crippen molar-refractivity contribution in [1.29, 1.82) is 0 Å². The van der Waals surface area contributed by atoms with E-state index in [2.05, 4.69) is 22.5 Å². The predicted molar refractivity (Wildman–Crippen MR) is 149 cm³/mol. The van der Waals surface area contributed by atoms with Crippen molar-refractivity contribution in [3.05, 3.63) is 83.3 Å². The lowest BCUT2D eigenvalue weighted by Gasteiger charge is -2.28. The average molecular weight is 518 g/mol. The zero-order valence-corrected chi connectivity index (χ0v) is 21.8. The summed E-state index contributed by atoms with van der Waals surface area (Å²) in [5, 5.41) is 8.58. The molecule has 2 atom stereocenters. The van der Waals surface area contributed by atoms with Crippen LogP contribution in [0.3, 0.4) is 0 Å². The molecule has 1 aliphatic carbocycles. The summed E-state index contributed by atoms with van der Waals surface area (Å²) in [5.74, 6) is 1.29. The molecule has 0 unspecified atom stereocenters. The molecule has 4 aromatic rings. The van der Waals surface area contributed by atoms with Gasteiger partial charge in [-0.2, -0.15) is 5.10 Å². The van der Waals surface area contributed by atoms with E-state index in [0.717, 1.165) is 51.9 Å². The molecule has 0 saturated heterocycles. The second-order valence-corrected chi connectivity index (χ2v) is 10.3. The zero-order chi connectivity index (χ0) is 26.3. The summed E-state index contributed by atoms with van der Waals surface area (Å²) in [4.78, 5) is 12.9. The van der Waals surface area contributed by atoms with Crippen molar-refractivity contribution < 1.29 is 18.7 Å². The minimum absolute atomic E-state index is 0. The molecule has 200 valence electrons. The van der Waals surface area contributed by atoms with Crippen LogP contribution in [0.2, 0.25) is 0 Å². The second kappa shape index (κ2) is 10.5. The number of aromatic nitrogens is 2. The molecule has 6 nitrogen and oxygen atoms in total. The van der Waals surface area contributed by atoms with Crippen molar-refractivity contribution in [3.63, 3.8) is 0 Å². The van der Waals surface area contributed by atoms with Crippen LogP contribution in [0.25, 0.3) is 16.6 Å². The molecule has 1 fully saturated rings. The van der Waals surface area contributed by atoms with Gasteiger partial charge >= 0.3 is 0 Å². The Hall–Kier alpha value is -3.87. The number of methoxy groups -OCH3 is 1. The molecule has 0 spiro atoms. The maximum atomic E-state index is 13.4. The number of carbonyl (C=O) groups is 1. The number of benzene rings is 3. The molecule has 7 heteroatoms. The lowest BCUT2D eigenvalue weighted by molar-refractivity contribution is -0.127. The first kappa shape index (κ1) is 27.2. The van der Waals surface area contributed by atoms with Crippen LogP contribution in [-0.4, -0.2) is 28.8 Å². The standard InChI is InChI=1S/C30H32FN3O3.CH4/c1-18-14-21(15-19(2)27(18)36-5)28(20(3)33-29(35)30(4)12-13-30)37-25-10-11-26-22(16-25)17-32-34(26)24-8-6-23(31)7-9-24;/h6-11,14-17,20,28H,12-13H2,1-5H3,(H,33,35);1H4/t20-,28-;/m0./s1. The summed E-state index contributed by atoms with van der Waals surface area (Å²) < 4.78 is 27.3. The second-order valence-electron chi connectivity index (χ2n) is 10.3. The highest BCUT2D eigenvalue weighted by Crippen LogP contribution is 2.45. The van der Waals surface area contributed by atoms with Crippen LogP contribution >= 0.6 is 0 Å². The third kappa shape index (κ3) is 5.23. The Morgan fingerprint density at radius 1 is 1.08 bits per heavy atom. The number of aryl methyl sites for hydroxylation is 2. The fourth-order valence-electron chi connectivity index (χ4n) is 4.82. The Balaban J connectivity index is 0.00000336. The minimum Gasteiger partial charge on any atom is -0.496 e. The van der Waals surface area contributed by atoms with Crippen LogP contribution in [0.1, 0.15) is 56.9 Å². The lowest BCUT2D eigenvalue weighted by Crippen LogP contribution is -2.42. The van der Waals surface area contributed by atoms with Crippen molar-refractivity contribution in [3.8, 4) is 17.2 Å². The van der Waals surface area contributed by atoms with Gasteiger partial charge < -0.3 is 14.8 Å². The number of rotatable bonds is 8. The van der Waals surface area contributed by atoms with Crippen LogP contribution in [0, 0.1) is 25.1 Å². The number of fused-ring (bicyclic) bond motifs is 1. The van der Waals surface area contributed by atoms with E-state index in [0.29, 0.717) is 5.75 Å². The smallest absolute Gasteiger partial charge is 0.226 e. The minimum atomic E-state index is -0.417. The number of hydrogen-bond donors (Lipinski definition) is 1. The summed E-state index contributed by atoms with van der Waals surface area (Å²) in [7, 11) is 1.67. The van der Waals surface area contributed by atoms with Crippen LogP contribution in [-0.2, 0) is 4.79 Å². The Bertz CT molecular complexity index is 1430. The molecule has 5 rings (SSSR count).